The Kier molecular flexibility index (Phi) is 6.41. The van der Waals surface area contributed by atoms with E-state index in [0.717, 1.165) is 37.6 Å². The number of piperazine rings is 1. The number of nitrogens with one attached hydrogen (secondary N) is 1. The highest BCUT2D eigenvalue weighted by Gasteiger charge is 2.24. The fourth-order valence-corrected chi connectivity index (χ4v) is 3.00. The fourth-order valence-electron chi connectivity index (χ4n) is 2.54. The zero-order valence-corrected chi connectivity index (χ0v) is 14.7. The van der Waals surface area contributed by atoms with Crippen LogP contribution in [0.25, 0.3) is 0 Å². The Labute approximate surface area is 146 Å². The molecule has 0 spiro atoms. The van der Waals surface area contributed by atoms with Gasteiger partial charge in [-0.2, -0.15) is 0 Å². The van der Waals surface area contributed by atoms with Crippen LogP contribution in [0, 0.1) is 10.1 Å². The number of unbranched alkanes of at least 4 members (excludes halogenated alkanes) is 1. The zero-order chi connectivity index (χ0) is 16.8. The number of anilines is 1. The van der Waals surface area contributed by atoms with Gasteiger partial charge in [0.25, 0.3) is 5.69 Å². The summed E-state index contributed by atoms with van der Waals surface area (Å²) >= 11 is 11.3. The van der Waals surface area contributed by atoms with Gasteiger partial charge in [0.2, 0.25) is 0 Å². The molecular formula is C15H21ClN4O2S. The molecule has 1 heterocycles. The summed E-state index contributed by atoms with van der Waals surface area (Å²) in [5, 5.41) is 15.6. The van der Waals surface area contributed by atoms with E-state index in [-0.39, 0.29) is 10.6 Å². The number of nitrogens with zero attached hydrogens (tertiary/aromatic N) is 3. The van der Waals surface area contributed by atoms with Gasteiger partial charge in [-0.3, -0.25) is 10.1 Å². The molecule has 8 heteroatoms. The minimum absolute atomic E-state index is 0.0506. The number of nitro benzene ring substituents is 1. The lowest BCUT2D eigenvalue weighted by atomic mass is 10.2. The maximum atomic E-state index is 11.2. The number of hydrogen-bond acceptors (Lipinski definition) is 4. The Morgan fingerprint density at radius 2 is 2.09 bits per heavy atom. The highest BCUT2D eigenvalue weighted by atomic mass is 35.5. The largest absolute Gasteiger partial charge is 0.363 e. The Morgan fingerprint density at radius 3 is 2.70 bits per heavy atom. The normalized spacial score (nSPS) is 14.7. The van der Waals surface area contributed by atoms with Crippen LogP contribution in [-0.2, 0) is 0 Å². The molecule has 126 valence electrons. The number of thiocarbonyl (C=S) groups is 1. The molecule has 0 saturated carbocycles. The third kappa shape index (κ3) is 4.68. The van der Waals surface area contributed by atoms with Crippen molar-refractivity contribution in [3.63, 3.8) is 0 Å². The van der Waals surface area contributed by atoms with Crippen molar-refractivity contribution in [3.8, 4) is 0 Å². The van der Waals surface area contributed by atoms with Crippen molar-refractivity contribution in [2.75, 3.05) is 37.6 Å². The summed E-state index contributed by atoms with van der Waals surface area (Å²) in [5.41, 5.74) is 0.665. The van der Waals surface area contributed by atoms with Gasteiger partial charge in [-0.15, -0.1) is 0 Å². The van der Waals surface area contributed by atoms with Crippen LogP contribution in [0.5, 0.6) is 0 Å². The van der Waals surface area contributed by atoms with Gasteiger partial charge < -0.3 is 15.1 Å². The molecular weight excluding hydrogens is 336 g/mol. The smallest absolute Gasteiger partial charge is 0.294 e. The van der Waals surface area contributed by atoms with Gasteiger partial charge in [0.05, 0.1) is 4.92 Å². The van der Waals surface area contributed by atoms with E-state index in [1.165, 1.54) is 6.07 Å². The Balaban J connectivity index is 1.97. The summed E-state index contributed by atoms with van der Waals surface area (Å²) in [7, 11) is 0. The number of nitro groups is 1. The first-order valence-electron chi connectivity index (χ1n) is 7.74. The minimum Gasteiger partial charge on any atom is -0.363 e. The molecule has 2 rings (SSSR count). The third-order valence-electron chi connectivity index (χ3n) is 3.85. The standard InChI is InChI=1S/C15H21ClN4O2S/c1-2-3-6-17-15(23)19-9-7-18(8-10-19)13-5-4-12(16)11-14(13)20(21)22/h4-5,11H,2-3,6-10H2,1H3,(H,17,23). The van der Waals surface area contributed by atoms with Gasteiger partial charge >= 0.3 is 0 Å². The molecule has 1 N–H and O–H groups in total. The van der Waals surface area contributed by atoms with Gasteiger partial charge in [-0.05, 0) is 30.8 Å². The molecule has 0 aliphatic carbocycles. The fraction of sp³-hybridized carbons (Fsp3) is 0.533. The maximum Gasteiger partial charge on any atom is 0.294 e. The summed E-state index contributed by atoms with van der Waals surface area (Å²) in [6.07, 6.45) is 2.22. The molecule has 0 radical (unpaired) electrons. The molecule has 1 aromatic rings. The van der Waals surface area contributed by atoms with Crippen LogP contribution in [0.2, 0.25) is 5.02 Å². The second-order valence-electron chi connectivity index (χ2n) is 5.45. The average Bonchev–Trinajstić information content (AvgIpc) is 2.55. The van der Waals surface area contributed by atoms with Crippen molar-refractivity contribution in [2.24, 2.45) is 0 Å². The quantitative estimate of drug-likeness (QED) is 0.378. The SMILES string of the molecule is CCCCNC(=S)N1CCN(c2ccc(Cl)cc2[N+](=O)[O-])CC1. The lowest BCUT2D eigenvalue weighted by Crippen LogP contribution is -2.52. The van der Waals surface area contributed by atoms with Gasteiger partial charge in [0, 0.05) is 43.8 Å². The molecule has 1 aliphatic heterocycles. The van der Waals surface area contributed by atoms with E-state index in [2.05, 4.69) is 17.1 Å². The summed E-state index contributed by atoms with van der Waals surface area (Å²) in [6.45, 7) is 5.91. The van der Waals surface area contributed by atoms with Crippen LogP contribution in [0.15, 0.2) is 18.2 Å². The number of halogens is 1. The van der Waals surface area contributed by atoms with Gasteiger partial charge in [0.1, 0.15) is 5.69 Å². The van der Waals surface area contributed by atoms with Crippen molar-refractivity contribution in [3.05, 3.63) is 33.3 Å². The highest BCUT2D eigenvalue weighted by Crippen LogP contribution is 2.31. The van der Waals surface area contributed by atoms with Crippen LogP contribution >= 0.6 is 23.8 Å². The topological polar surface area (TPSA) is 61.6 Å². The molecule has 1 aromatic carbocycles. The van der Waals surface area contributed by atoms with Crippen LogP contribution in [-0.4, -0.2) is 47.7 Å². The summed E-state index contributed by atoms with van der Waals surface area (Å²) in [5.74, 6) is 0. The van der Waals surface area contributed by atoms with Crippen molar-refractivity contribution in [2.45, 2.75) is 19.8 Å². The zero-order valence-electron chi connectivity index (χ0n) is 13.1. The van der Waals surface area contributed by atoms with Crippen molar-refractivity contribution in [1.82, 2.24) is 10.2 Å². The van der Waals surface area contributed by atoms with E-state index in [1.807, 2.05) is 4.90 Å². The molecule has 1 saturated heterocycles. The minimum atomic E-state index is -0.384. The first-order valence-corrected chi connectivity index (χ1v) is 8.53. The van der Waals surface area contributed by atoms with E-state index in [4.69, 9.17) is 23.8 Å². The second-order valence-corrected chi connectivity index (χ2v) is 6.27. The number of benzene rings is 1. The molecule has 0 bridgehead atoms. The Hall–Kier alpha value is -1.60. The lowest BCUT2D eigenvalue weighted by Gasteiger charge is -2.37. The highest BCUT2D eigenvalue weighted by molar-refractivity contribution is 7.80. The van der Waals surface area contributed by atoms with E-state index in [9.17, 15) is 10.1 Å². The van der Waals surface area contributed by atoms with Gasteiger partial charge in [-0.25, -0.2) is 0 Å². The van der Waals surface area contributed by atoms with Crippen molar-refractivity contribution >= 4 is 40.3 Å². The predicted molar refractivity (Wildman–Crippen MR) is 97.4 cm³/mol. The summed E-state index contributed by atoms with van der Waals surface area (Å²) in [4.78, 5) is 15.0. The second kappa shape index (κ2) is 8.31. The molecule has 1 fully saturated rings. The predicted octanol–water partition coefficient (Wildman–Crippen LogP) is 3.04. The number of hydrogen-bond donors (Lipinski definition) is 1. The molecule has 1 aliphatic rings. The van der Waals surface area contributed by atoms with E-state index in [0.29, 0.717) is 23.8 Å². The molecule has 0 amide bonds. The van der Waals surface area contributed by atoms with E-state index < -0.39 is 0 Å². The van der Waals surface area contributed by atoms with Crippen molar-refractivity contribution < 1.29 is 4.92 Å². The molecule has 6 nitrogen and oxygen atoms in total. The number of rotatable bonds is 5. The third-order valence-corrected chi connectivity index (χ3v) is 4.49. The van der Waals surface area contributed by atoms with E-state index in [1.54, 1.807) is 12.1 Å². The molecule has 0 unspecified atom stereocenters. The first kappa shape index (κ1) is 17.7. The van der Waals surface area contributed by atoms with Crippen LogP contribution < -0.4 is 10.2 Å². The van der Waals surface area contributed by atoms with Crippen LogP contribution in [0.3, 0.4) is 0 Å². The lowest BCUT2D eigenvalue weighted by molar-refractivity contribution is -0.384. The maximum absolute atomic E-state index is 11.2. The van der Waals surface area contributed by atoms with Crippen molar-refractivity contribution in [1.29, 1.82) is 0 Å². The monoisotopic (exact) mass is 356 g/mol. The summed E-state index contributed by atoms with van der Waals surface area (Å²) < 4.78 is 0. The molecule has 0 atom stereocenters. The van der Waals surface area contributed by atoms with Gasteiger partial charge in [0.15, 0.2) is 5.11 Å². The Bertz CT molecular complexity index is 577. The first-order chi connectivity index (χ1) is 11.0. The van der Waals surface area contributed by atoms with Crippen LogP contribution in [0.1, 0.15) is 19.8 Å². The Morgan fingerprint density at radius 1 is 1.39 bits per heavy atom. The summed E-state index contributed by atoms with van der Waals surface area (Å²) in [6, 6.07) is 4.81. The molecule has 0 aromatic heterocycles. The molecule has 23 heavy (non-hydrogen) atoms. The average molecular weight is 357 g/mol. The van der Waals surface area contributed by atoms with Crippen LogP contribution in [0.4, 0.5) is 11.4 Å². The van der Waals surface area contributed by atoms with Gasteiger partial charge in [-0.1, -0.05) is 24.9 Å². The van der Waals surface area contributed by atoms with E-state index >= 15 is 0 Å².